The summed E-state index contributed by atoms with van der Waals surface area (Å²) in [6.45, 7) is 0. The van der Waals surface area contributed by atoms with Crippen LogP contribution in [-0.4, -0.2) is 0 Å². The molecule has 0 radical (unpaired) electrons. The molecule has 2 rings (SSSR count). The lowest BCUT2D eigenvalue weighted by molar-refractivity contribution is 1.39. The summed E-state index contributed by atoms with van der Waals surface area (Å²) in [5, 5.41) is 2.00. The molecule has 0 spiro atoms. The molecular formula is C6H7N3. The van der Waals surface area contributed by atoms with E-state index < -0.39 is 0 Å². The van der Waals surface area contributed by atoms with E-state index in [1.807, 2.05) is 6.07 Å². The Balaban J connectivity index is 2.86. The van der Waals surface area contributed by atoms with Crippen molar-refractivity contribution < 1.29 is 0 Å². The van der Waals surface area contributed by atoms with Crippen LogP contribution >= 0.6 is 0 Å². The molecule has 0 saturated heterocycles. The fraction of sp³-hybridized carbons (Fsp3) is 0. The third-order valence-electron chi connectivity index (χ3n) is 1.71. The Bertz CT molecular complexity index is 367. The molecule has 6 N–H and O–H groups in total. The van der Waals surface area contributed by atoms with Gasteiger partial charge in [-0.3, -0.25) is 0 Å². The molecule has 9 heavy (non-hydrogen) atoms. The SMILES string of the molecule is Nc1c(N)c2c(N)cc1=2. The van der Waals surface area contributed by atoms with Gasteiger partial charge in [0.2, 0.25) is 0 Å². The van der Waals surface area contributed by atoms with Gasteiger partial charge in [-0.25, -0.2) is 0 Å². The largest absolute Gasteiger partial charge is 0.398 e. The summed E-state index contributed by atoms with van der Waals surface area (Å²) >= 11 is 0. The standard InChI is InChI=1S/C6H7N3/c7-3-1-2-4(3)6(9)5(2)8/h1H,7-9H2. The quantitative estimate of drug-likeness (QED) is 0.430. The van der Waals surface area contributed by atoms with Crippen LogP contribution in [0.5, 0.6) is 0 Å². The van der Waals surface area contributed by atoms with Gasteiger partial charge in [0, 0.05) is 16.1 Å². The molecule has 0 aromatic rings. The van der Waals surface area contributed by atoms with E-state index in [0.29, 0.717) is 11.4 Å². The zero-order chi connectivity index (χ0) is 6.59. The molecular weight excluding hydrogens is 114 g/mol. The molecule has 0 aromatic heterocycles. The first-order valence-electron chi connectivity index (χ1n) is 2.69. The predicted octanol–water partition coefficient (Wildman–Crippen LogP) is 0.0336. The molecule has 2 aliphatic carbocycles. The lowest BCUT2D eigenvalue weighted by Crippen LogP contribution is -2.09. The number of hydrogen-bond donors (Lipinski definition) is 3. The van der Waals surface area contributed by atoms with Crippen molar-refractivity contribution in [2.75, 3.05) is 17.2 Å². The Morgan fingerprint density at radius 1 is 1.00 bits per heavy atom. The van der Waals surface area contributed by atoms with Gasteiger partial charge in [-0.15, -0.1) is 0 Å². The monoisotopic (exact) mass is 121 g/mol. The summed E-state index contributed by atoms with van der Waals surface area (Å²) < 4.78 is 0. The number of nitrogen functional groups attached to an aromatic ring is 3. The molecule has 0 unspecified atom stereocenters. The maximum absolute atomic E-state index is 5.47. The van der Waals surface area contributed by atoms with Gasteiger partial charge in [0.1, 0.15) is 0 Å². The highest BCUT2D eigenvalue weighted by molar-refractivity contribution is 5.80. The third kappa shape index (κ3) is 0.276. The van der Waals surface area contributed by atoms with Crippen LogP contribution in [0.1, 0.15) is 0 Å². The van der Waals surface area contributed by atoms with E-state index in [4.69, 9.17) is 17.2 Å². The fourth-order valence-electron chi connectivity index (χ4n) is 1.11. The van der Waals surface area contributed by atoms with Gasteiger partial charge in [0.25, 0.3) is 0 Å². The van der Waals surface area contributed by atoms with Gasteiger partial charge >= 0.3 is 0 Å². The number of rotatable bonds is 0. The van der Waals surface area contributed by atoms with Crippen LogP contribution in [-0.2, 0) is 0 Å². The summed E-state index contributed by atoms with van der Waals surface area (Å²) in [6.07, 6.45) is 0. The number of hydrogen-bond acceptors (Lipinski definition) is 3. The smallest absolute Gasteiger partial charge is 0.0655 e. The first-order valence-corrected chi connectivity index (χ1v) is 2.69. The first kappa shape index (κ1) is 4.49. The molecule has 0 heterocycles. The lowest BCUT2D eigenvalue weighted by atomic mass is 9.99. The van der Waals surface area contributed by atoms with Crippen LogP contribution in [0, 0.1) is 10.4 Å². The third-order valence-corrected chi connectivity index (χ3v) is 1.71. The summed E-state index contributed by atoms with van der Waals surface area (Å²) in [7, 11) is 0. The minimum absolute atomic E-state index is 0.657. The number of benzene rings is 1. The van der Waals surface area contributed by atoms with E-state index in [9.17, 15) is 0 Å². The summed E-state index contributed by atoms with van der Waals surface area (Å²) in [6, 6.07) is 1.83. The van der Waals surface area contributed by atoms with Gasteiger partial charge in [-0.05, 0) is 6.07 Å². The highest BCUT2D eigenvalue weighted by atomic mass is 14.7. The van der Waals surface area contributed by atoms with Crippen molar-refractivity contribution in [2.45, 2.75) is 0 Å². The van der Waals surface area contributed by atoms with E-state index in [-0.39, 0.29) is 0 Å². The highest BCUT2D eigenvalue weighted by Crippen LogP contribution is 2.33. The molecule has 3 nitrogen and oxygen atoms in total. The molecule has 0 aliphatic heterocycles. The Morgan fingerprint density at radius 2 is 1.67 bits per heavy atom. The second-order valence-corrected chi connectivity index (χ2v) is 2.22. The zero-order valence-electron chi connectivity index (χ0n) is 4.81. The van der Waals surface area contributed by atoms with Crippen LogP contribution in [0.4, 0.5) is 17.1 Å². The molecule has 2 aliphatic rings. The highest BCUT2D eigenvalue weighted by Gasteiger charge is 2.13. The van der Waals surface area contributed by atoms with Gasteiger partial charge in [-0.2, -0.15) is 0 Å². The second-order valence-electron chi connectivity index (χ2n) is 2.22. The van der Waals surface area contributed by atoms with Crippen molar-refractivity contribution in [3.8, 4) is 0 Å². The molecule has 0 bridgehead atoms. The van der Waals surface area contributed by atoms with E-state index in [0.717, 1.165) is 16.1 Å². The van der Waals surface area contributed by atoms with Crippen LogP contribution in [0.2, 0.25) is 0 Å². The topological polar surface area (TPSA) is 78.1 Å². The van der Waals surface area contributed by atoms with Crippen molar-refractivity contribution in [1.29, 1.82) is 0 Å². The van der Waals surface area contributed by atoms with Gasteiger partial charge in [0.15, 0.2) is 0 Å². The van der Waals surface area contributed by atoms with Crippen molar-refractivity contribution in [3.63, 3.8) is 0 Å². The van der Waals surface area contributed by atoms with Gasteiger partial charge < -0.3 is 17.2 Å². The van der Waals surface area contributed by atoms with E-state index in [1.165, 1.54) is 0 Å². The lowest BCUT2D eigenvalue weighted by Gasteiger charge is -2.14. The maximum atomic E-state index is 5.47. The van der Waals surface area contributed by atoms with Crippen molar-refractivity contribution in [1.82, 2.24) is 0 Å². The predicted molar refractivity (Wildman–Crippen MR) is 37.4 cm³/mol. The summed E-state index contributed by atoms with van der Waals surface area (Å²) in [4.78, 5) is 0. The van der Waals surface area contributed by atoms with Crippen molar-refractivity contribution in [2.24, 2.45) is 0 Å². The van der Waals surface area contributed by atoms with Crippen LogP contribution in [0.3, 0.4) is 0 Å². The fourth-order valence-corrected chi connectivity index (χ4v) is 1.11. The molecule has 46 valence electrons. The summed E-state index contributed by atoms with van der Waals surface area (Å²) in [5.74, 6) is 0. The summed E-state index contributed by atoms with van der Waals surface area (Å²) in [5.41, 5.74) is 18.5. The Morgan fingerprint density at radius 3 is 2.00 bits per heavy atom. The number of anilines is 3. The van der Waals surface area contributed by atoms with E-state index >= 15 is 0 Å². The molecule has 0 amide bonds. The average Bonchev–Trinajstić information content (AvgIpc) is 1.81. The maximum Gasteiger partial charge on any atom is 0.0655 e. The van der Waals surface area contributed by atoms with Gasteiger partial charge in [0.05, 0.1) is 11.4 Å². The van der Waals surface area contributed by atoms with Crippen molar-refractivity contribution >= 4 is 17.1 Å². The van der Waals surface area contributed by atoms with Crippen molar-refractivity contribution in [3.05, 3.63) is 16.5 Å². The van der Waals surface area contributed by atoms with Crippen LogP contribution < -0.4 is 17.2 Å². The normalized spacial score (nSPS) is 11.6. The molecule has 0 fully saturated rings. The van der Waals surface area contributed by atoms with Crippen LogP contribution in [0.25, 0.3) is 0 Å². The zero-order valence-corrected chi connectivity index (χ0v) is 4.81. The Hall–Kier alpha value is -1.38. The van der Waals surface area contributed by atoms with Gasteiger partial charge in [-0.1, -0.05) is 0 Å². The first-order chi connectivity index (χ1) is 4.22. The van der Waals surface area contributed by atoms with Crippen LogP contribution in [0.15, 0.2) is 6.07 Å². The second kappa shape index (κ2) is 0.978. The molecule has 0 saturated carbocycles. The molecule has 0 aromatic carbocycles. The Labute approximate surface area is 51.8 Å². The molecule has 3 heteroatoms. The number of nitrogens with two attached hydrogens (primary N) is 3. The van der Waals surface area contributed by atoms with E-state index in [2.05, 4.69) is 0 Å². The van der Waals surface area contributed by atoms with E-state index in [1.54, 1.807) is 0 Å². The minimum Gasteiger partial charge on any atom is -0.398 e. The Kier molecular flexibility index (Phi) is 0.488. The minimum atomic E-state index is 0.657. The molecule has 0 atom stereocenters. The average molecular weight is 121 g/mol.